The maximum Gasteiger partial charge on any atom is 0.229 e. The summed E-state index contributed by atoms with van der Waals surface area (Å²) in [6, 6.07) is 0. The van der Waals surface area contributed by atoms with E-state index in [2.05, 4.69) is 31.1 Å². The quantitative estimate of drug-likeness (QED) is 0.716. The molecule has 1 aromatic heterocycles. The van der Waals surface area contributed by atoms with Gasteiger partial charge in [0.25, 0.3) is 0 Å². The highest BCUT2D eigenvalue weighted by atomic mass is 32.1. The highest BCUT2D eigenvalue weighted by Gasteiger charge is 2.61. The number of hydrogen-bond acceptors (Lipinski definition) is 4. The van der Waals surface area contributed by atoms with Crippen molar-refractivity contribution < 1.29 is 9.59 Å². The van der Waals surface area contributed by atoms with Crippen LogP contribution in [0, 0.1) is 34.5 Å². The van der Waals surface area contributed by atoms with Gasteiger partial charge in [-0.1, -0.05) is 19.4 Å². The molecule has 5 nitrogen and oxygen atoms in total. The Labute approximate surface area is 183 Å². The van der Waals surface area contributed by atoms with Gasteiger partial charge >= 0.3 is 0 Å². The summed E-state index contributed by atoms with van der Waals surface area (Å²) in [5, 5.41) is 4.98. The van der Waals surface area contributed by atoms with E-state index in [-0.39, 0.29) is 28.6 Å². The van der Waals surface area contributed by atoms with Gasteiger partial charge in [-0.3, -0.25) is 9.59 Å². The number of fused-ring (bicyclic) bond motifs is 5. The molecular weight excluding hydrogens is 394 g/mol. The molecule has 30 heavy (non-hydrogen) atoms. The van der Waals surface area contributed by atoms with Gasteiger partial charge < -0.3 is 10.2 Å². The van der Waals surface area contributed by atoms with E-state index >= 15 is 0 Å². The molecule has 1 aromatic rings. The lowest BCUT2D eigenvalue weighted by molar-refractivity contribution is -0.137. The predicted molar refractivity (Wildman–Crippen MR) is 119 cm³/mol. The van der Waals surface area contributed by atoms with Crippen molar-refractivity contribution in [1.82, 2.24) is 9.88 Å². The molecule has 6 atom stereocenters. The van der Waals surface area contributed by atoms with Gasteiger partial charge in [-0.25, -0.2) is 4.98 Å². The van der Waals surface area contributed by atoms with E-state index in [1.54, 1.807) is 5.51 Å². The third-order valence-electron chi connectivity index (χ3n) is 9.31. The molecule has 1 aliphatic heterocycles. The van der Waals surface area contributed by atoms with Crippen LogP contribution in [0.25, 0.3) is 0 Å². The minimum absolute atomic E-state index is 0.0613. The van der Waals surface area contributed by atoms with Gasteiger partial charge in [0.2, 0.25) is 11.8 Å². The van der Waals surface area contributed by atoms with Crippen LogP contribution in [0.5, 0.6) is 0 Å². The summed E-state index contributed by atoms with van der Waals surface area (Å²) < 4.78 is 0. The van der Waals surface area contributed by atoms with Crippen molar-refractivity contribution in [3.05, 3.63) is 22.2 Å². The summed E-state index contributed by atoms with van der Waals surface area (Å²) in [6.07, 6.45) is 7.09. The fourth-order valence-electron chi connectivity index (χ4n) is 8.03. The number of likely N-dealkylation sites (tertiary alicyclic amines) is 1. The van der Waals surface area contributed by atoms with E-state index in [1.807, 2.05) is 17.3 Å². The van der Waals surface area contributed by atoms with Gasteiger partial charge in [-0.2, -0.15) is 0 Å². The Kier molecular flexibility index (Phi) is 4.66. The molecule has 3 aliphatic carbocycles. The van der Waals surface area contributed by atoms with Crippen LogP contribution in [-0.2, 0) is 9.59 Å². The minimum atomic E-state index is 0.0613. The second kappa shape index (κ2) is 6.91. The fraction of sp³-hybridized carbons (Fsp3) is 0.708. The summed E-state index contributed by atoms with van der Waals surface area (Å²) in [5.41, 5.74) is 4.62. The number of aromatic nitrogens is 1. The van der Waals surface area contributed by atoms with Crippen molar-refractivity contribution in [2.75, 3.05) is 12.4 Å². The second-order valence-corrected chi connectivity index (χ2v) is 11.3. The number of nitrogens with zero attached hydrogens (tertiary/aromatic N) is 2. The van der Waals surface area contributed by atoms with Crippen LogP contribution in [0.1, 0.15) is 65.7 Å². The number of thiazole rings is 1. The van der Waals surface area contributed by atoms with Gasteiger partial charge in [0, 0.05) is 35.9 Å². The number of anilines is 1. The van der Waals surface area contributed by atoms with E-state index in [1.165, 1.54) is 22.6 Å². The number of carbonyl (C=O) groups excluding carboxylic acids is 2. The molecule has 0 bridgehead atoms. The first-order valence-electron chi connectivity index (χ1n) is 11.4. The molecule has 2 saturated carbocycles. The number of piperidine rings is 1. The molecule has 2 amide bonds. The predicted octanol–water partition coefficient (Wildman–Crippen LogP) is 5.08. The monoisotopic (exact) mass is 427 g/mol. The molecule has 1 saturated heterocycles. The number of allylic oxidation sites excluding steroid dienone is 2. The smallest absolute Gasteiger partial charge is 0.229 e. The van der Waals surface area contributed by atoms with Crippen molar-refractivity contribution in [2.45, 2.75) is 65.7 Å². The highest BCUT2D eigenvalue weighted by molar-refractivity contribution is 7.07. The van der Waals surface area contributed by atoms with Crippen LogP contribution in [-0.4, -0.2) is 28.7 Å². The van der Waals surface area contributed by atoms with Gasteiger partial charge in [0.05, 0.1) is 5.51 Å². The second-order valence-electron chi connectivity index (χ2n) is 10.6. The first kappa shape index (κ1) is 20.2. The van der Waals surface area contributed by atoms with Gasteiger partial charge in [0.1, 0.15) is 5.82 Å². The number of rotatable bonds is 2. The molecule has 5 rings (SSSR count). The standard InChI is InChI=1S/C24H33N3O2S/c1-14-11-15-16-5-6-18(22(29)26-19-12-30-13-25-19)23(16,2)9-7-17(15)24(3)10-8-20(28)27(4)21(14)24/h12-13,15-18H,5-11H2,1-4H3,(H,26,29)/t15-,16-,17-,18+,23-,24+/m0/s1. The Morgan fingerprint density at radius 1 is 1.23 bits per heavy atom. The maximum atomic E-state index is 13.2. The van der Waals surface area contributed by atoms with Crippen LogP contribution >= 0.6 is 11.3 Å². The fourth-order valence-corrected chi connectivity index (χ4v) is 8.51. The van der Waals surface area contributed by atoms with Crippen LogP contribution in [0.2, 0.25) is 0 Å². The molecule has 0 aromatic carbocycles. The van der Waals surface area contributed by atoms with Crippen LogP contribution in [0.3, 0.4) is 0 Å². The zero-order valence-corrected chi connectivity index (χ0v) is 19.3. The van der Waals surface area contributed by atoms with Gasteiger partial charge in [0.15, 0.2) is 0 Å². The maximum absolute atomic E-state index is 13.2. The lowest BCUT2D eigenvalue weighted by atomic mass is 9.48. The molecule has 0 radical (unpaired) electrons. The summed E-state index contributed by atoms with van der Waals surface area (Å²) in [4.78, 5) is 31.8. The molecule has 4 aliphatic rings. The lowest BCUT2D eigenvalue weighted by Crippen LogP contribution is -2.54. The van der Waals surface area contributed by atoms with Gasteiger partial charge in [-0.15, -0.1) is 11.3 Å². The summed E-state index contributed by atoms with van der Waals surface area (Å²) in [7, 11) is 1.97. The van der Waals surface area contributed by atoms with Crippen LogP contribution in [0.4, 0.5) is 5.82 Å². The number of hydrogen-bond donors (Lipinski definition) is 1. The lowest BCUT2D eigenvalue weighted by Gasteiger charge is -2.59. The summed E-state index contributed by atoms with van der Waals surface area (Å²) >= 11 is 1.51. The average Bonchev–Trinajstić information content (AvgIpc) is 3.32. The van der Waals surface area contributed by atoms with Crippen molar-refractivity contribution in [1.29, 1.82) is 0 Å². The zero-order chi connectivity index (χ0) is 21.3. The molecular formula is C24H33N3O2S. The van der Waals surface area contributed by atoms with Crippen molar-refractivity contribution >= 4 is 29.0 Å². The molecule has 2 heterocycles. The minimum Gasteiger partial charge on any atom is -0.319 e. The highest BCUT2D eigenvalue weighted by Crippen LogP contribution is 2.66. The van der Waals surface area contributed by atoms with Crippen molar-refractivity contribution in [3.63, 3.8) is 0 Å². The van der Waals surface area contributed by atoms with E-state index in [4.69, 9.17) is 0 Å². The molecule has 6 heteroatoms. The Morgan fingerprint density at radius 3 is 2.77 bits per heavy atom. The van der Waals surface area contributed by atoms with Crippen molar-refractivity contribution in [3.8, 4) is 0 Å². The molecule has 1 N–H and O–H groups in total. The van der Waals surface area contributed by atoms with E-state index in [0.29, 0.717) is 30.0 Å². The first-order chi connectivity index (χ1) is 14.3. The summed E-state index contributed by atoms with van der Waals surface area (Å²) in [6.45, 7) is 7.03. The topological polar surface area (TPSA) is 62.3 Å². The van der Waals surface area contributed by atoms with Crippen LogP contribution in [0.15, 0.2) is 22.2 Å². The number of nitrogens with one attached hydrogen (secondary N) is 1. The Balaban J connectivity index is 1.44. The van der Waals surface area contributed by atoms with E-state index < -0.39 is 0 Å². The number of carbonyl (C=O) groups is 2. The van der Waals surface area contributed by atoms with Crippen molar-refractivity contribution in [2.24, 2.45) is 34.5 Å². The third kappa shape index (κ3) is 2.75. The van der Waals surface area contributed by atoms with Gasteiger partial charge in [-0.05, 0) is 68.6 Å². The number of amides is 2. The van der Waals surface area contributed by atoms with E-state index in [9.17, 15) is 9.59 Å². The zero-order valence-electron chi connectivity index (χ0n) is 18.5. The Hall–Kier alpha value is -1.69. The Bertz CT molecular complexity index is 910. The molecule has 0 spiro atoms. The third-order valence-corrected chi connectivity index (χ3v) is 9.90. The SMILES string of the molecule is CC1=C2N(C)C(=O)CC[C@]2(C)[C@H]2CC[C@]3(C)[C@@H](C(=O)Nc4cscn4)CC[C@H]3[C@@H]2C1. The van der Waals surface area contributed by atoms with Crippen LogP contribution < -0.4 is 5.32 Å². The summed E-state index contributed by atoms with van der Waals surface area (Å²) in [5.74, 6) is 3.00. The largest absolute Gasteiger partial charge is 0.319 e. The normalized spacial score (nSPS) is 40.7. The average molecular weight is 428 g/mol. The molecule has 0 unspecified atom stereocenters. The first-order valence-corrected chi connectivity index (χ1v) is 12.4. The van der Waals surface area contributed by atoms with E-state index in [0.717, 1.165) is 38.5 Å². The molecule has 162 valence electrons. The Morgan fingerprint density at radius 2 is 2.03 bits per heavy atom. The molecule has 3 fully saturated rings.